The van der Waals surface area contributed by atoms with E-state index in [1.165, 1.54) is 6.07 Å². The van der Waals surface area contributed by atoms with Crippen LogP contribution in [0, 0.1) is 23.4 Å². The van der Waals surface area contributed by atoms with E-state index >= 15 is 0 Å². The van der Waals surface area contributed by atoms with Gasteiger partial charge in [-0.1, -0.05) is 49.1 Å². The Labute approximate surface area is 211 Å². The van der Waals surface area contributed by atoms with E-state index < -0.39 is 11.6 Å². The molecule has 190 valence electrons. The molecule has 5 heteroatoms. The van der Waals surface area contributed by atoms with E-state index in [9.17, 15) is 18.3 Å². The lowest BCUT2D eigenvalue weighted by molar-refractivity contribution is 0.0963. The van der Waals surface area contributed by atoms with E-state index in [2.05, 4.69) is 6.58 Å². The predicted octanol–water partition coefficient (Wildman–Crippen LogP) is 7.78. The topological polar surface area (TPSA) is 29.5 Å². The highest BCUT2D eigenvalue weighted by Gasteiger charge is 2.28. The van der Waals surface area contributed by atoms with Gasteiger partial charge in [-0.3, -0.25) is 0 Å². The van der Waals surface area contributed by atoms with Gasteiger partial charge in [-0.15, -0.1) is 0 Å². The summed E-state index contributed by atoms with van der Waals surface area (Å²) >= 11 is 0. The summed E-state index contributed by atoms with van der Waals surface area (Å²) in [5, 5.41) is 9.79. The molecule has 2 nitrogen and oxygen atoms in total. The second kappa shape index (κ2) is 11.8. The number of halogens is 3. The summed E-state index contributed by atoms with van der Waals surface area (Å²) in [5.74, 6) is -1.19. The van der Waals surface area contributed by atoms with E-state index in [1.807, 2.05) is 24.3 Å². The van der Waals surface area contributed by atoms with Gasteiger partial charge in [0.2, 0.25) is 0 Å². The second-order valence-corrected chi connectivity index (χ2v) is 9.73. The molecule has 3 aromatic rings. The fourth-order valence-electron chi connectivity index (χ4n) is 5.13. The van der Waals surface area contributed by atoms with Gasteiger partial charge in [0.1, 0.15) is 18.2 Å². The van der Waals surface area contributed by atoms with Gasteiger partial charge in [0.05, 0.1) is 6.10 Å². The van der Waals surface area contributed by atoms with Gasteiger partial charge in [0, 0.05) is 11.6 Å². The Morgan fingerprint density at radius 1 is 0.944 bits per heavy atom. The molecule has 36 heavy (non-hydrogen) atoms. The van der Waals surface area contributed by atoms with Crippen molar-refractivity contribution in [2.45, 2.75) is 57.5 Å². The quantitative estimate of drug-likeness (QED) is 0.308. The van der Waals surface area contributed by atoms with Crippen LogP contribution < -0.4 is 4.74 Å². The summed E-state index contributed by atoms with van der Waals surface area (Å²) < 4.78 is 49.7. The molecular weight excluding hydrogens is 461 g/mol. The standard InChI is InChI=1S/C31H33F3O2/c1-3-18-36-26-15-17-27(29(32)19-26)23-7-4-21(5-8-23)6-9-25-14-16-28(31(34)30(25)33)24-12-10-22(11-13-24)20(2)35/h3-5,7-8,14-17,19-20,22,24,35H,1,6,9-13,18H2,2H3. The lowest BCUT2D eigenvalue weighted by Crippen LogP contribution is -2.23. The van der Waals surface area contributed by atoms with Crippen LogP contribution in [0.25, 0.3) is 11.1 Å². The van der Waals surface area contributed by atoms with E-state index in [0.29, 0.717) is 41.9 Å². The number of aliphatic hydroxyl groups is 1. The number of aryl methyl sites for hydroxylation is 2. The minimum absolute atomic E-state index is 0.000829. The zero-order chi connectivity index (χ0) is 25.7. The van der Waals surface area contributed by atoms with Crippen LogP contribution in [-0.2, 0) is 12.8 Å². The Balaban J connectivity index is 1.39. The molecule has 4 rings (SSSR count). The van der Waals surface area contributed by atoms with E-state index in [-0.39, 0.29) is 23.8 Å². The number of hydrogen-bond donors (Lipinski definition) is 1. The van der Waals surface area contributed by atoms with Gasteiger partial charge in [-0.25, -0.2) is 13.2 Å². The third kappa shape index (κ3) is 6.01. The second-order valence-electron chi connectivity index (χ2n) is 9.73. The molecule has 0 aliphatic heterocycles. The SMILES string of the molecule is C=CCOc1ccc(-c2ccc(CCc3ccc(C4CCC(C(C)O)CC4)c(F)c3F)cc2)c(F)c1. The monoisotopic (exact) mass is 494 g/mol. The lowest BCUT2D eigenvalue weighted by atomic mass is 9.76. The molecule has 1 saturated carbocycles. The Hall–Kier alpha value is -3.05. The summed E-state index contributed by atoms with van der Waals surface area (Å²) in [6, 6.07) is 15.6. The molecule has 1 aliphatic rings. The van der Waals surface area contributed by atoms with Crippen LogP contribution in [0.1, 0.15) is 55.2 Å². The van der Waals surface area contributed by atoms with Crippen molar-refractivity contribution < 1.29 is 23.0 Å². The van der Waals surface area contributed by atoms with Crippen molar-refractivity contribution in [3.05, 3.63) is 101 Å². The van der Waals surface area contributed by atoms with Crippen molar-refractivity contribution >= 4 is 0 Å². The predicted molar refractivity (Wildman–Crippen MR) is 138 cm³/mol. The van der Waals surface area contributed by atoms with Crippen LogP contribution >= 0.6 is 0 Å². The largest absolute Gasteiger partial charge is 0.489 e. The minimum atomic E-state index is -0.761. The van der Waals surface area contributed by atoms with Gasteiger partial charge < -0.3 is 9.84 Å². The van der Waals surface area contributed by atoms with Crippen molar-refractivity contribution in [1.29, 1.82) is 0 Å². The number of hydrogen-bond acceptors (Lipinski definition) is 2. The first-order valence-corrected chi connectivity index (χ1v) is 12.6. The van der Waals surface area contributed by atoms with Crippen LogP contribution in [-0.4, -0.2) is 17.8 Å². The molecule has 3 aromatic carbocycles. The molecule has 1 unspecified atom stereocenters. The van der Waals surface area contributed by atoms with Gasteiger partial charge in [-0.2, -0.15) is 0 Å². The third-order valence-electron chi connectivity index (χ3n) is 7.34. The molecule has 0 radical (unpaired) electrons. The highest BCUT2D eigenvalue weighted by Crippen LogP contribution is 2.39. The summed E-state index contributed by atoms with van der Waals surface area (Å²) in [6.07, 6.45) is 5.37. The van der Waals surface area contributed by atoms with E-state index in [1.54, 1.807) is 37.3 Å². The maximum Gasteiger partial charge on any atom is 0.162 e. The zero-order valence-corrected chi connectivity index (χ0v) is 20.7. The smallest absolute Gasteiger partial charge is 0.162 e. The molecule has 0 saturated heterocycles. The van der Waals surface area contributed by atoms with Crippen molar-refractivity contribution in [1.82, 2.24) is 0 Å². The fourth-order valence-corrected chi connectivity index (χ4v) is 5.13. The number of aliphatic hydroxyl groups excluding tert-OH is 1. The fraction of sp³-hybridized carbons (Fsp3) is 0.355. The summed E-state index contributed by atoms with van der Waals surface area (Å²) in [5.41, 5.74) is 2.98. The Morgan fingerprint density at radius 2 is 1.67 bits per heavy atom. The van der Waals surface area contributed by atoms with Crippen LogP contribution in [0.15, 0.2) is 67.3 Å². The number of ether oxygens (including phenoxy) is 1. The van der Waals surface area contributed by atoms with Gasteiger partial charge in [-0.05, 0) is 91.7 Å². The van der Waals surface area contributed by atoms with Crippen LogP contribution in [0.5, 0.6) is 5.75 Å². The van der Waals surface area contributed by atoms with E-state index in [0.717, 1.165) is 36.8 Å². The highest BCUT2D eigenvalue weighted by atomic mass is 19.2. The number of benzene rings is 3. The molecule has 1 aliphatic carbocycles. The van der Waals surface area contributed by atoms with Gasteiger partial charge in [0.15, 0.2) is 11.6 Å². The van der Waals surface area contributed by atoms with Crippen LogP contribution in [0.3, 0.4) is 0 Å². The summed E-state index contributed by atoms with van der Waals surface area (Å²) in [6.45, 7) is 5.69. The van der Waals surface area contributed by atoms with Crippen LogP contribution in [0.2, 0.25) is 0 Å². The molecule has 1 N–H and O–H groups in total. The Bertz CT molecular complexity index is 1180. The molecule has 0 bridgehead atoms. The molecule has 1 fully saturated rings. The molecule has 0 heterocycles. The average Bonchev–Trinajstić information content (AvgIpc) is 2.89. The maximum absolute atomic E-state index is 14.9. The maximum atomic E-state index is 14.9. The summed E-state index contributed by atoms with van der Waals surface area (Å²) in [7, 11) is 0. The van der Waals surface area contributed by atoms with Crippen molar-refractivity contribution in [3.63, 3.8) is 0 Å². The van der Waals surface area contributed by atoms with Crippen molar-refractivity contribution in [2.24, 2.45) is 5.92 Å². The third-order valence-corrected chi connectivity index (χ3v) is 7.34. The Kier molecular flexibility index (Phi) is 8.52. The molecule has 1 atom stereocenters. The van der Waals surface area contributed by atoms with E-state index in [4.69, 9.17) is 4.74 Å². The Morgan fingerprint density at radius 3 is 2.31 bits per heavy atom. The zero-order valence-electron chi connectivity index (χ0n) is 20.7. The summed E-state index contributed by atoms with van der Waals surface area (Å²) in [4.78, 5) is 0. The average molecular weight is 495 g/mol. The van der Waals surface area contributed by atoms with Crippen molar-refractivity contribution in [3.8, 4) is 16.9 Å². The first kappa shape index (κ1) is 26.0. The highest BCUT2D eigenvalue weighted by molar-refractivity contribution is 5.65. The molecular formula is C31H33F3O2. The number of rotatable bonds is 9. The lowest BCUT2D eigenvalue weighted by Gasteiger charge is -2.30. The normalized spacial score (nSPS) is 18.6. The first-order chi connectivity index (χ1) is 17.4. The minimum Gasteiger partial charge on any atom is -0.489 e. The van der Waals surface area contributed by atoms with Crippen molar-refractivity contribution in [2.75, 3.05) is 6.61 Å². The van der Waals surface area contributed by atoms with Crippen LogP contribution in [0.4, 0.5) is 13.2 Å². The van der Waals surface area contributed by atoms with Gasteiger partial charge in [0.25, 0.3) is 0 Å². The first-order valence-electron chi connectivity index (χ1n) is 12.6. The van der Waals surface area contributed by atoms with Gasteiger partial charge >= 0.3 is 0 Å². The molecule has 0 amide bonds. The molecule has 0 aromatic heterocycles. The molecule has 0 spiro atoms.